The van der Waals surface area contributed by atoms with Gasteiger partial charge < -0.3 is 9.32 Å². The Labute approximate surface area is 136 Å². The SMILES string of the molecule is CC(Sc1nnc(Cc2c(F)cccc2Cl)o1)C(=O)N(C)C. The van der Waals surface area contributed by atoms with E-state index in [0.29, 0.717) is 10.6 Å². The minimum Gasteiger partial charge on any atom is -0.416 e. The van der Waals surface area contributed by atoms with Crippen LogP contribution in [0.3, 0.4) is 0 Å². The van der Waals surface area contributed by atoms with Crippen molar-refractivity contribution in [3.63, 3.8) is 0 Å². The molecule has 1 amide bonds. The van der Waals surface area contributed by atoms with Crippen molar-refractivity contribution in [3.05, 3.63) is 40.5 Å². The van der Waals surface area contributed by atoms with Gasteiger partial charge in [-0.3, -0.25) is 4.79 Å². The van der Waals surface area contributed by atoms with Gasteiger partial charge in [0.15, 0.2) is 0 Å². The molecule has 1 unspecified atom stereocenters. The summed E-state index contributed by atoms with van der Waals surface area (Å²) in [5, 5.41) is 7.96. The fourth-order valence-corrected chi connectivity index (χ4v) is 2.85. The van der Waals surface area contributed by atoms with Crippen LogP contribution in [-0.4, -0.2) is 40.3 Å². The molecule has 0 saturated heterocycles. The molecule has 22 heavy (non-hydrogen) atoms. The Kier molecular flexibility index (Phi) is 5.42. The molecule has 2 aromatic rings. The van der Waals surface area contributed by atoms with Gasteiger partial charge in [-0.2, -0.15) is 0 Å². The molecule has 0 radical (unpaired) electrons. The average Bonchev–Trinajstić information content (AvgIpc) is 2.89. The third-order valence-corrected chi connectivity index (χ3v) is 4.18. The zero-order valence-electron chi connectivity index (χ0n) is 12.3. The zero-order chi connectivity index (χ0) is 16.3. The summed E-state index contributed by atoms with van der Waals surface area (Å²) in [4.78, 5) is 13.3. The van der Waals surface area contributed by atoms with Crippen LogP contribution >= 0.6 is 23.4 Å². The summed E-state index contributed by atoms with van der Waals surface area (Å²) < 4.78 is 19.2. The Bertz CT molecular complexity index is 658. The van der Waals surface area contributed by atoms with E-state index < -0.39 is 5.82 Å². The predicted molar refractivity (Wildman–Crippen MR) is 82.5 cm³/mol. The van der Waals surface area contributed by atoms with Gasteiger partial charge in [-0.1, -0.05) is 29.4 Å². The van der Waals surface area contributed by atoms with E-state index in [1.54, 1.807) is 27.1 Å². The fourth-order valence-electron chi connectivity index (χ4n) is 1.77. The smallest absolute Gasteiger partial charge is 0.277 e. The van der Waals surface area contributed by atoms with Crippen LogP contribution in [0.2, 0.25) is 5.02 Å². The number of benzene rings is 1. The van der Waals surface area contributed by atoms with Gasteiger partial charge in [0.05, 0.1) is 11.7 Å². The van der Waals surface area contributed by atoms with E-state index in [9.17, 15) is 9.18 Å². The summed E-state index contributed by atoms with van der Waals surface area (Å²) in [5.41, 5.74) is 0.307. The quantitative estimate of drug-likeness (QED) is 0.781. The Morgan fingerprint density at radius 3 is 2.82 bits per heavy atom. The molecule has 0 spiro atoms. The molecular weight excluding hydrogens is 329 g/mol. The maximum Gasteiger partial charge on any atom is 0.277 e. The second-order valence-electron chi connectivity index (χ2n) is 4.83. The Morgan fingerprint density at radius 1 is 1.45 bits per heavy atom. The third kappa shape index (κ3) is 3.98. The number of nitrogens with zero attached hydrogens (tertiary/aromatic N) is 3. The van der Waals surface area contributed by atoms with Gasteiger partial charge in [-0.15, -0.1) is 10.2 Å². The molecule has 0 saturated carbocycles. The Morgan fingerprint density at radius 2 is 2.18 bits per heavy atom. The molecule has 118 valence electrons. The van der Waals surface area contributed by atoms with E-state index in [-0.39, 0.29) is 28.7 Å². The molecule has 0 aliphatic heterocycles. The number of hydrogen-bond acceptors (Lipinski definition) is 5. The highest BCUT2D eigenvalue weighted by Crippen LogP contribution is 2.26. The summed E-state index contributed by atoms with van der Waals surface area (Å²) in [6, 6.07) is 4.46. The third-order valence-electron chi connectivity index (χ3n) is 2.90. The molecule has 1 aromatic heterocycles. The number of amides is 1. The number of hydrogen-bond donors (Lipinski definition) is 0. The number of rotatable bonds is 5. The fraction of sp³-hybridized carbons (Fsp3) is 0.357. The Balaban J connectivity index is 2.07. The van der Waals surface area contributed by atoms with Gasteiger partial charge in [0.25, 0.3) is 5.22 Å². The molecule has 2 rings (SSSR count). The van der Waals surface area contributed by atoms with E-state index in [1.165, 1.54) is 17.0 Å². The van der Waals surface area contributed by atoms with Crippen LogP contribution in [0.4, 0.5) is 4.39 Å². The first-order valence-corrected chi connectivity index (χ1v) is 7.77. The van der Waals surface area contributed by atoms with Crippen LogP contribution in [0, 0.1) is 5.82 Å². The van der Waals surface area contributed by atoms with Crippen molar-refractivity contribution >= 4 is 29.3 Å². The summed E-state index contributed by atoms with van der Waals surface area (Å²) in [6.07, 6.45) is 0.106. The zero-order valence-corrected chi connectivity index (χ0v) is 13.9. The van der Waals surface area contributed by atoms with Crippen LogP contribution in [0.5, 0.6) is 0 Å². The van der Waals surface area contributed by atoms with Crippen molar-refractivity contribution in [2.45, 2.75) is 23.8 Å². The van der Waals surface area contributed by atoms with Gasteiger partial charge in [0.2, 0.25) is 11.8 Å². The minimum absolute atomic E-state index is 0.0538. The van der Waals surface area contributed by atoms with Gasteiger partial charge >= 0.3 is 0 Å². The van der Waals surface area contributed by atoms with E-state index in [2.05, 4.69) is 10.2 Å². The van der Waals surface area contributed by atoms with E-state index in [4.69, 9.17) is 16.0 Å². The number of aromatic nitrogens is 2. The van der Waals surface area contributed by atoms with Crippen molar-refractivity contribution in [1.29, 1.82) is 0 Å². The number of thioether (sulfide) groups is 1. The Hall–Kier alpha value is -1.60. The van der Waals surface area contributed by atoms with Crippen LogP contribution in [-0.2, 0) is 11.2 Å². The van der Waals surface area contributed by atoms with E-state index in [1.807, 2.05) is 0 Å². The summed E-state index contributed by atoms with van der Waals surface area (Å²) in [6.45, 7) is 1.75. The molecule has 0 aliphatic carbocycles. The number of carbonyl (C=O) groups is 1. The molecule has 1 atom stereocenters. The van der Waals surface area contributed by atoms with Crippen molar-refractivity contribution < 1.29 is 13.6 Å². The molecule has 0 N–H and O–H groups in total. The van der Waals surface area contributed by atoms with Gasteiger partial charge in [0.1, 0.15) is 5.82 Å². The molecule has 8 heteroatoms. The van der Waals surface area contributed by atoms with Crippen molar-refractivity contribution in [3.8, 4) is 0 Å². The van der Waals surface area contributed by atoms with Crippen LogP contribution < -0.4 is 0 Å². The molecule has 0 aliphatic rings. The second kappa shape index (κ2) is 7.11. The standard InChI is InChI=1S/C14H15ClFN3O2S/c1-8(13(20)19(2)3)22-14-18-17-12(21-14)7-9-10(15)5-4-6-11(9)16/h4-6,8H,7H2,1-3H3. The lowest BCUT2D eigenvalue weighted by Crippen LogP contribution is -2.29. The lowest BCUT2D eigenvalue weighted by atomic mass is 10.1. The van der Waals surface area contributed by atoms with E-state index >= 15 is 0 Å². The summed E-state index contributed by atoms with van der Waals surface area (Å²) >= 11 is 7.12. The van der Waals surface area contributed by atoms with Gasteiger partial charge in [-0.05, 0) is 19.1 Å². The molecule has 5 nitrogen and oxygen atoms in total. The van der Waals surface area contributed by atoms with Gasteiger partial charge in [-0.25, -0.2) is 4.39 Å². The molecular formula is C14H15ClFN3O2S. The lowest BCUT2D eigenvalue weighted by Gasteiger charge is -2.14. The highest BCUT2D eigenvalue weighted by atomic mass is 35.5. The highest BCUT2D eigenvalue weighted by molar-refractivity contribution is 8.00. The highest BCUT2D eigenvalue weighted by Gasteiger charge is 2.20. The summed E-state index contributed by atoms with van der Waals surface area (Å²) in [5.74, 6) is -0.225. The molecule has 1 aromatic carbocycles. The first kappa shape index (κ1) is 16.8. The summed E-state index contributed by atoms with van der Waals surface area (Å²) in [7, 11) is 3.36. The van der Waals surface area contributed by atoms with Crippen molar-refractivity contribution in [2.75, 3.05) is 14.1 Å². The molecule has 1 heterocycles. The maximum absolute atomic E-state index is 13.7. The number of halogens is 2. The van der Waals surface area contributed by atoms with Crippen LogP contribution in [0.25, 0.3) is 0 Å². The monoisotopic (exact) mass is 343 g/mol. The van der Waals surface area contributed by atoms with E-state index in [0.717, 1.165) is 11.8 Å². The average molecular weight is 344 g/mol. The normalized spacial score (nSPS) is 12.2. The maximum atomic E-state index is 13.7. The predicted octanol–water partition coefficient (Wildman–Crippen LogP) is 3.02. The first-order valence-electron chi connectivity index (χ1n) is 6.51. The van der Waals surface area contributed by atoms with Crippen LogP contribution in [0.15, 0.2) is 27.8 Å². The van der Waals surface area contributed by atoms with Gasteiger partial charge in [0, 0.05) is 24.7 Å². The minimum atomic E-state index is -0.420. The number of carbonyl (C=O) groups excluding carboxylic acids is 1. The van der Waals surface area contributed by atoms with Crippen molar-refractivity contribution in [2.24, 2.45) is 0 Å². The molecule has 0 fully saturated rings. The largest absolute Gasteiger partial charge is 0.416 e. The topological polar surface area (TPSA) is 59.2 Å². The lowest BCUT2D eigenvalue weighted by molar-refractivity contribution is -0.127. The van der Waals surface area contributed by atoms with Crippen molar-refractivity contribution in [1.82, 2.24) is 15.1 Å². The second-order valence-corrected chi connectivity index (χ2v) is 6.53. The first-order chi connectivity index (χ1) is 10.4. The molecule has 0 bridgehead atoms. The van der Waals surface area contributed by atoms with Crippen LogP contribution in [0.1, 0.15) is 18.4 Å².